The fourth-order valence-corrected chi connectivity index (χ4v) is 1.88. The van der Waals surface area contributed by atoms with Crippen LogP contribution in [-0.4, -0.2) is 5.78 Å². The van der Waals surface area contributed by atoms with Crippen molar-refractivity contribution in [2.45, 2.75) is 40.0 Å². The third kappa shape index (κ3) is 1.77. The van der Waals surface area contributed by atoms with E-state index in [0.717, 1.165) is 19.3 Å². The monoisotopic (exact) mass is 166 g/mol. The lowest BCUT2D eigenvalue weighted by Crippen LogP contribution is -2.30. The third-order valence-corrected chi connectivity index (χ3v) is 2.64. The quantitative estimate of drug-likeness (QED) is 0.576. The number of carbonyl (C=O) groups excluding carboxylic acids is 1. The first-order chi connectivity index (χ1) is 5.56. The molecule has 0 heterocycles. The zero-order chi connectivity index (χ0) is 9.19. The third-order valence-electron chi connectivity index (χ3n) is 2.64. The average Bonchev–Trinajstić information content (AvgIpc) is 2.04. The summed E-state index contributed by atoms with van der Waals surface area (Å²) in [5, 5.41) is 0. The Kier molecular flexibility index (Phi) is 2.71. The maximum absolute atomic E-state index is 11.8. The Morgan fingerprint density at radius 2 is 2.17 bits per heavy atom. The SMILES string of the molecule is CC(C)C(=O)C1(C)C=CCCC1. The number of carbonyl (C=O) groups is 1. The van der Waals surface area contributed by atoms with Gasteiger partial charge in [-0.25, -0.2) is 0 Å². The van der Waals surface area contributed by atoms with Crippen LogP contribution in [0.25, 0.3) is 0 Å². The van der Waals surface area contributed by atoms with E-state index < -0.39 is 0 Å². The van der Waals surface area contributed by atoms with Crippen LogP contribution in [0.5, 0.6) is 0 Å². The zero-order valence-corrected chi connectivity index (χ0v) is 8.26. The molecule has 0 aromatic heterocycles. The molecule has 1 nitrogen and oxygen atoms in total. The Morgan fingerprint density at radius 3 is 2.58 bits per heavy atom. The second-order valence-electron chi connectivity index (χ2n) is 4.23. The smallest absolute Gasteiger partial charge is 0.145 e. The molecule has 1 aliphatic rings. The van der Waals surface area contributed by atoms with Gasteiger partial charge in [0.25, 0.3) is 0 Å². The standard InChI is InChI=1S/C11H18O/c1-9(2)10(12)11(3)7-5-4-6-8-11/h5,7,9H,4,6,8H2,1-3H3. The van der Waals surface area contributed by atoms with E-state index in [0.29, 0.717) is 5.78 Å². The van der Waals surface area contributed by atoms with Crippen LogP contribution in [-0.2, 0) is 4.79 Å². The number of hydrogen-bond donors (Lipinski definition) is 0. The first kappa shape index (κ1) is 9.50. The molecule has 0 fully saturated rings. The number of Topliss-reactive ketones (excluding diaryl/α,β-unsaturated/α-hetero) is 1. The molecule has 0 saturated carbocycles. The Balaban J connectivity index is 2.76. The molecule has 1 unspecified atom stereocenters. The molecule has 0 aliphatic heterocycles. The summed E-state index contributed by atoms with van der Waals surface area (Å²) in [6.07, 6.45) is 7.57. The van der Waals surface area contributed by atoms with E-state index in [2.05, 4.69) is 19.1 Å². The van der Waals surface area contributed by atoms with E-state index in [1.54, 1.807) is 0 Å². The lowest BCUT2D eigenvalue weighted by molar-refractivity contribution is -0.129. The molecule has 12 heavy (non-hydrogen) atoms. The van der Waals surface area contributed by atoms with Crippen molar-refractivity contribution in [1.82, 2.24) is 0 Å². The summed E-state index contributed by atoms with van der Waals surface area (Å²) in [4.78, 5) is 11.8. The van der Waals surface area contributed by atoms with Crippen molar-refractivity contribution in [3.63, 3.8) is 0 Å². The number of rotatable bonds is 2. The molecule has 0 radical (unpaired) electrons. The van der Waals surface area contributed by atoms with Gasteiger partial charge in [0.05, 0.1) is 0 Å². The minimum atomic E-state index is -0.160. The minimum absolute atomic E-state index is 0.160. The normalized spacial score (nSPS) is 29.3. The highest BCUT2D eigenvalue weighted by molar-refractivity contribution is 5.88. The maximum atomic E-state index is 11.8. The molecule has 1 aliphatic carbocycles. The molecular formula is C11H18O. The van der Waals surface area contributed by atoms with E-state index >= 15 is 0 Å². The Labute approximate surface area is 74.9 Å². The molecule has 1 heteroatoms. The number of hydrogen-bond acceptors (Lipinski definition) is 1. The minimum Gasteiger partial charge on any atom is -0.298 e. The van der Waals surface area contributed by atoms with Crippen molar-refractivity contribution in [3.8, 4) is 0 Å². The van der Waals surface area contributed by atoms with Gasteiger partial charge < -0.3 is 0 Å². The van der Waals surface area contributed by atoms with Gasteiger partial charge >= 0.3 is 0 Å². The summed E-state index contributed by atoms with van der Waals surface area (Å²) < 4.78 is 0. The highest BCUT2D eigenvalue weighted by atomic mass is 16.1. The van der Waals surface area contributed by atoms with E-state index in [-0.39, 0.29) is 11.3 Å². The summed E-state index contributed by atoms with van der Waals surface area (Å²) in [7, 11) is 0. The molecule has 0 spiro atoms. The summed E-state index contributed by atoms with van der Waals surface area (Å²) >= 11 is 0. The van der Waals surface area contributed by atoms with E-state index in [1.165, 1.54) is 0 Å². The van der Waals surface area contributed by atoms with Gasteiger partial charge in [0, 0.05) is 11.3 Å². The van der Waals surface area contributed by atoms with Crippen LogP contribution in [0.3, 0.4) is 0 Å². The second-order valence-corrected chi connectivity index (χ2v) is 4.23. The van der Waals surface area contributed by atoms with Crippen LogP contribution in [0.15, 0.2) is 12.2 Å². The maximum Gasteiger partial charge on any atom is 0.145 e. The molecule has 0 amide bonds. The van der Waals surface area contributed by atoms with Gasteiger partial charge in [-0.1, -0.05) is 26.0 Å². The second kappa shape index (κ2) is 3.42. The van der Waals surface area contributed by atoms with E-state index in [4.69, 9.17) is 0 Å². The number of allylic oxidation sites excluding steroid dienone is 2. The first-order valence-electron chi connectivity index (χ1n) is 4.78. The molecule has 0 aromatic rings. The Hall–Kier alpha value is -0.590. The highest BCUT2D eigenvalue weighted by Crippen LogP contribution is 2.33. The Bertz CT molecular complexity index is 203. The lowest BCUT2D eigenvalue weighted by Gasteiger charge is -2.28. The van der Waals surface area contributed by atoms with Crippen molar-refractivity contribution < 1.29 is 4.79 Å². The fourth-order valence-electron chi connectivity index (χ4n) is 1.88. The predicted molar refractivity (Wildman–Crippen MR) is 50.9 cm³/mol. The molecule has 0 bridgehead atoms. The number of ketones is 1. The molecule has 0 N–H and O–H groups in total. The van der Waals surface area contributed by atoms with Gasteiger partial charge in [0.1, 0.15) is 5.78 Å². The van der Waals surface area contributed by atoms with Crippen molar-refractivity contribution in [1.29, 1.82) is 0 Å². The van der Waals surface area contributed by atoms with Crippen LogP contribution in [0, 0.1) is 11.3 Å². The van der Waals surface area contributed by atoms with E-state index in [1.807, 2.05) is 13.8 Å². The van der Waals surface area contributed by atoms with Gasteiger partial charge in [-0.15, -0.1) is 0 Å². The van der Waals surface area contributed by atoms with Crippen LogP contribution in [0.1, 0.15) is 40.0 Å². The van der Waals surface area contributed by atoms with Gasteiger partial charge in [0.15, 0.2) is 0 Å². The van der Waals surface area contributed by atoms with Gasteiger partial charge in [-0.2, -0.15) is 0 Å². The van der Waals surface area contributed by atoms with Crippen LogP contribution in [0.2, 0.25) is 0 Å². The lowest BCUT2D eigenvalue weighted by atomic mass is 9.74. The first-order valence-corrected chi connectivity index (χ1v) is 4.78. The molecule has 1 atom stereocenters. The van der Waals surface area contributed by atoms with Crippen molar-refractivity contribution >= 4 is 5.78 Å². The Morgan fingerprint density at radius 1 is 1.50 bits per heavy atom. The fraction of sp³-hybridized carbons (Fsp3) is 0.727. The summed E-state index contributed by atoms with van der Waals surface area (Å²) in [6.45, 7) is 6.02. The van der Waals surface area contributed by atoms with Crippen LogP contribution < -0.4 is 0 Å². The van der Waals surface area contributed by atoms with Crippen molar-refractivity contribution in [2.24, 2.45) is 11.3 Å². The van der Waals surface area contributed by atoms with Crippen LogP contribution in [0.4, 0.5) is 0 Å². The summed E-state index contributed by atoms with van der Waals surface area (Å²) in [5.41, 5.74) is -0.160. The zero-order valence-electron chi connectivity index (χ0n) is 8.26. The summed E-state index contributed by atoms with van der Waals surface area (Å²) in [6, 6.07) is 0. The predicted octanol–water partition coefficient (Wildman–Crippen LogP) is 2.96. The largest absolute Gasteiger partial charge is 0.298 e. The molecule has 1 rings (SSSR count). The molecule has 68 valence electrons. The van der Waals surface area contributed by atoms with Gasteiger partial charge in [-0.3, -0.25) is 4.79 Å². The van der Waals surface area contributed by atoms with Crippen molar-refractivity contribution in [3.05, 3.63) is 12.2 Å². The van der Waals surface area contributed by atoms with Gasteiger partial charge in [0.2, 0.25) is 0 Å². The summed E-state index contributed by atoms with van der Waals surface area (Å²) in [5.74, 6) is 0.552. The van der Waals surface area contributed by atoms with Crippen molar-refractivity contribution in [2.75, 3.05) is 0 Å². The molecular weight excluding hydrogens is 148 g/mol. The topological polar surface area (TPSA) is 17.1 Å². The highest BCUT2D eigenvalue weighted by Gasteiger charge is 2.32. The van der Waals surface area contributed by atoms with E-state index in [9.17, 15) is 4.79 Å². The average molecular weight is 166 g/mol. The van der Waals surface area contributed by atoms with Gasteiger partial charge in [-0.05, 0) is 26.2 Å². The molecule has 0 saturated heterocycles. The van der Waals surface area contributed by atoms with Crippen LogP contribution >= 0.6 is 0 Å². The molecule has 0 aromatic carbocycles.